The highest BCUT2D eigenvalue weighted by Gasteiger charge is 2.52. The van der Waals surface area contributed by atoms with Gasteiger partial charge in [-0.2, -0.15) is 0 Å². The Morgan fingerprint density at radius 1 is 1.67 bits per heavy atom. The molecule has 0 amide bonds. The van der Waals surface area contributed by atoms with Gasteiger partial charge in [-0.25, -0.2) is 0 Å². The van der Waals surface area contributed by atoms with Gasteiger partial charge in [0.25, 0.3) is 0 Å². The highest BCUT2D eigenvalue weighted by Crippen LogP contribution is 2.41. The van der Waals surface area contributed by atoms with Crippen LogP contribution in [-0.2, 0) is 9.53 Å². The molecule has 0 aliphatic heterocycles. The predicted octanol–water partition coefficient (Wildman–Crippen LogP) is 0.260. The molecule has 5 heteroatoms. The van der Waals surface area contributed by atoms with Crippen LogP contribution < -0.4 is 5.32 Å². The average Bonchev–Trinajstić information content (AvgIpc) is 2.70. The molecule has 1 atom stereocenters. The molecule has 2 N–H and O–H groups in total. The molecule has 4 nitrogen and oxygen atoms in total. The number of likely N-dealkylation sites (N-methyl/N-ethyl adjacent to an activating group) is 1. The van der Waals surface area contributed by atoms with Gasteiger partial charge in [0.05, 0.1) is 5.60 Å². The van der Waals surface area contributed by atoms with Gasteiger partial charge >= 0.3 is 5.97 Å². The number of hydrogen-bond acceptors (Lipinski definition) is 3. The maximum absolute atomic E-state index is 10.6. The Balaban J connectivity index is 0.00000121. The summed E-state index contributed by atoms with van der Waals surface area (Å²) in [5.41, 5.74) is -0.430. The van der Waals surface area contributed by atoms with Crippen LogP contribution in [-0.4, -0.2) is 36.9 Å². The lowest BCUT2D eigenvalue weighted by Crippen LogP contribution is -2.46. The summed E-state index contributed by atoms with van der Waals surface area (Å²) in [4.78, 5) is 10.6. The van der Waals surface area contributed by atoms with E-state index in [0.29, 0.717) is 0 Å². The van der Waals surface area contributed by atoms with E-state index < -0.39 is 17.6 Å². The van der Waals surface area contributed by atoms with Crippen molar-refractivity contribution < 1.29 is 14.6 Å². The van der Waals surface area contributed by atoms with E-state index in [1.807, 2.05) is 0 Å². The van der Waals surface area contributed by atoms with Crippen molar-refractivity contribution in [2.24, 2.45) is 0 Å². The Kier molecular flexibility index (Phi) is 3.96. The van der Waals surface area contributed by atoms with Gasteiger partial charge in [0.2, 0.25) is 0 Å². The second kappa shape index (κ2) is 4.07. The van der Waals surface area contributed by atoms with Crippen molar-refractivity contribution in [1.82, 2.24) is 5.32 Å². The Morgan fingerprint density at radius 3 is 2.25 bits per heavy atom. The zero-order chi connectivity index (χ0) is 8.48. The summed E-state index contributed by atoms with van der Waals surface area (Å²) in [6.07, 6.45) is 1.67. The number of nitrogens with one attached hydrogen (secondary N) is 1. The topological polar surface area (TPSA) is 58.6 Å². The van der Waals surface area contributed by atoms with Crippen molar-refractivity contribution >= 4 is 18.4 Å². The third kappa shape index (κ3) is 1.88. The standard InChI is InChI=1S/C7H13NO3.ClH/c1-8-5(6(9)10)7(11-2)3-4-7;/h5,8H,3-4H2,1-2H3,(H,9,10);1H/t5-;/m1./s1. The molecule has 0 unspecified atom stereocenters. The van der Waals surface area contributed by atoms with Crippen LogP contribution in [0.3, 0.4) is 0 Å². The van der Waals surface area contributed by atoms with Crippen molar-refractivity contribution in [2.75, 3.05) is 14.2 Å². The maximum atomic E-state index is 10.6. The van der Waals surface area contributed by atoms with E-state index in [4.69, 9.17) is 9.84 Å². The minimum atomic E-state index is -0.841. The fourth-order valence-corrected chi connectivity index (χ4v) is 1.35. The number of hydrogen-bond donors (Lipinski definition) is 2. The normalized spacial score (nSPS) is 20.8. The Labute approximate surface area is 77.7 Å². The van der Waals surface area contributed by atoms with Gasteiger partial charge in [-0.3, -0.25) is 4.79 Å². The third-order valence-electron chi connectivity index (χ3n) is 2.21. The van der Waals surface area contributed by atoms with Crippen molar-refractivity contribution in [3.05, 3.63) is 0 Å². The maximum Gasteiger partial charge on any atom is 0.323 e. The molecular weight excluding hydrogens is 182 g/mol. The van der Waals surface area contributed by atoms with Gasteiger partial charge in [0.15, 0.2) is 0 Å². The number of methoxy groups -OCH3 is 1. The Hall–Kier alpha value is -0.320. The summed E-state index contributed by atoms with van der Waals surface area (Å²) in [6, 6.07) is -0.563. The molecule has 72 valence electrons. The zero-order valence-corrected chi connectivity index (χ0v) is 7.98. The molecule has 1 saturated carbocycles. The van der Waals surface area contributed by atoms with E-state index in [2.05, 4.69) is 5.32 Å². The molecule has 0 aromatic heterocycles. The number of aliphatic carboxylic acids is 1. The molecule has 1 fully saturated rings. The molecule has 0 saturated heterocycles. The first-order valence-corrected chi connectivity index (χ1v) is 3.61. The van der Waals surface area contributed by atoms with Crippen LogP contribution in [0.1, 0.15) is 12.8 Å². The van der Waals surface area contributed by atoms with Crippen LogP contribution in [0.2, 0.25) is 0 Å². The summed E-state index contributed by atoms with van der Waals surface area (Å²) in [7, 11) is 3.19. The Bertz CT molecular complexity index is 170. The largest absolute Gasteiger partial charge is 0.480 e. The number of rotatable bonds is 4. The van der Waals surface area contributed by atoms with Gasteiger partial charge in [0, 0.05) is 7.11 Å². The first kappa shape index (κ1) is 11.7. The summed E-state index contributed by atoms with van der Waals surface area (Å²) in [6.45, 7) is 0. The smallest absolute Gasteiger partial charge is 0.323 e. The minimum Gasteiger partial charge on any atom is -0.480 e. The number of halogens is 1. The van der Waals surface area contributed by atoms with Gasteiger partial charge < -0.3 is 15.2 Å². The van der Waals surface area contributed by atoms with Crippen LogP contribution in [0.4, 0.5) is 0 Å². The van der Waals surface area contributed by atoms with Crippen molar-refractivity contribution in [3.63, 3.8) is 0 Å². The molecule has 1 aliphatic rings. The summed E-state index contributed by atoms with van der Waals surface area (Å²) >= 11 is 0. The second-order valence-electron chi connectivity index (χ2n) is 2.83. The lowest BCUT2D eigenvalue weighted by molar-refractivity contribution is -0.144. The molecule has 0 bridgehead atoms. The van der Waals surface area contributed by atoms with E-state index in [1.165, 1.54) is 0 Å². The highest BCUT2D eigenvalue weighted by molar-refractivity contribution is 5.85. The van der Waals surface area contributed by atoms with Crippen LogP contribution in [0.25, 0.3) is 0 Å². The third-order valence-corrected chi connectivity index (χ3v) is 2.21. The highest BCUT2D eigenvalue weighted by atomic mass is 35.5. The molecule has 12 heavy (non-hydrogen) atoms. The molecule has 0 aromatic rings. The van der Waals surface area contributed by atoms with Gasteiger partial charge in [-0.15, -0.1) is 12.4 Å². The SMILES string of the molecule is CN[C@H](C(=O)O)C1(OC)CC1.Cl. The van der Waals surface area contributed by atoms with Crippen molar-refractivity contribution in [3.8, 4) is 0 Å². The molecule has 0 radical (unpaired) electrons. The fourth-order valence-electron chi connectivity index (χ4n) is 1.35. The van der Waals surface area contributed by atoms with E-state index in [-0.39, 0.29) is 12.4 Å². The van der Waals surface area contributed by atoms with Gasteiger partial charge in [-0.05, 0) is 19.9 Å². The van der Waals surface area contributed by atoms with Gasteiger partial charge in [0.1, 0.15) is 6.04 Å². The second-order valence-corrected chi connectivity index (χ2v) is 2.83. The lowest BCUT2D eigenvalue weighted by Gasteiger charge is -2.20. The molecule has 0 spiro atoms. The monoisotopic (exact) mass is 195 g/mol. The van der Waals surface area contributed by atoms with Crippen molar-refractivity contribution in [2.45, 2.75) is 24.5 Å². The minimum absolute atomic E-state index is 0. The molecular formula is C7H14ClNO3. The van der Waals surface area contributed by atoms with Crippen LogP contribution in [0.15, 0.2) is 0 Å². The Morgan fingerprint density at radius 2 is 2.17 bits per heavy atom. The quantitative estimate of drug-likeness (QED) is 0.676. The molecule has 0 heterocycles. The molecule has 1 aliphatic carbocycles. The fraction of sp³-hybridized carbons (Fsp3) is 0.857. The number of ether oxygens (including phenoxy) is 1. The molecule has 1 rings (SSSR count). The first-order valence-electron chi connectivity index (χ1n) is 3.61. The number of carboxylic acid groups (broad SMARTS) is 1. The van der Waals surface area contributed by atoms with E-state index in [0.717, 1.165) is 12.8 Å². The summed E-state index contributed by atoms with van der Waals surface area (Å²) < 4.78 is 5.12. The first-order chi connectivity index (χ1) is 5.16. The van der Waals surface area contributed by atoms with Gasteiger partial charge in [-0.1, -0.05) is 0 Å². The lowest BCUT2D eigenvalue weighted by atomic mass is 10.1. The predicted molar refractivity (Wildman–Crippen MR) is 46.7 cm³/mol. The number of carbonyl (C=O) groups is 1. The zero-order valence-electron chi connectivity index (χ0n) is 7.16. The van der Waals surface area contributed by atoms with E-state index >= 15 is 0 Å². The average molecular weight is 196 g/mol. The van der Waals surface area contributed by atoms with E-state index in [1.54, 1.807) is 14.2 Å². The van der Waals surface area contributed by atoms with E-state index in [9.17, 15) is 4.79 Å². The summed E-state index contributed by atoms with van der Waals surface area (Å²) in [5, 5.41) is 11.5. The van der Waals surface area contributed by atoms with Crippen LogP contribution >= 0.6 is 12.4 Å². The van der Waals surface area contributed by atoms with Crippen LogP contribution in [0.5, 0.6) is 0 Å². The van der Waals surface area contributed by atoms with Crippen LogP contribution in [0, 0.1) is 0 Å². The number of carboxylic acids is 1. The summed E-state index contributed by atoms with van der Waals surface area (Å²) in [5.74, 6) is -0.841. The molecule has 0 aromatic carbocycles. The van der Waals surface area contributed by atoms with Crippen molar-refractivity contribution in [1.29, 1.82) is 0 Å².